The number of carbonyl (C=O) groups is 1. The fourth-order valence-corrected chi connectivity index (χ4v) is 3.34. The van der Waals surface area contributed by atoms with Gasteiger partial charge >= 0.3 is 0 Å². The molecular formula is C12H12N2O4S2. The first-order valence-corrected chi connectivity index (χ1v) is 7.93. The van der Waals surface area contributed by atoms with E-state index in [0.29, 0.717) is 17.0 Å². The van der Waals surface area contributed by atoms with Crippen LogP contribution in [0.1, 0.15) is 11.7 Å². The van der Waals surface area contributed by atoms with E-state index in [1.807, 2.05) is 0 Å². The van der Waals surface area contributed by atoms with Crippen LogP contribution in [-0.2, 0) is 19.6 Å². The topological polar surface area (TPSA) is 85.4 Å². The van der Waals surface area contributed by atoms with Crippen LogP contribution >= 0.6 is 11.3 Å². The molecule has 0 saturated heterocycles. The smallest absolute Gasteiger partial charge is 0.263 e. The first-order valence-electron chi connectivity index (χ1n) is 5.57. The van der Waals surface area contributed by atoms with Gasteiger partial charge in [-0.05, 0) is 17.7 Å². The van der Waals surface area contributed by atoms with Crippen LogP contribution in [-0.4, -0.2) is 26.8 Å². The summed E-state index contributed by atoms with van der Waals surface area (Å²) in [4.78, 5) is 14.7. The monoisotopic (exact) mass is 312 g/mol. The highest BCUT2D eigenvalue weighted by Gasteiger charge is 2.16. The molecule has 0 saturated carbocycles. The first-order chi connectivity index (χ1) is 9.56. The highest BCUT2D eigenvalue weighted by molar-refractivity contribution is 7.93. The zero-order chi connectivity index (χ0) is 14.6. The molecule has 1 heterocycles. The standard InChI is InChI=1S/C12H12N2O4S2/c1-18-11(8-15)9-2-4-10(5-3-9)20(16,17)14-12-13-6-7-19-12/h2-8,11H,1H3,(H,13,14). The predicted octanol–water partition coefficient (Wildman–Crippen LogP) is 1.83. The number of aldehydes is 1. The first kappa shape index (κ1) is 14.6. The van der Waals surface area contributed by atoms with Gasteiger partial charge < -0.3 is 9.53 Å². The van der Waals surface area contributed by atoms with Gasteiger partial charge in [-0.2, -0.15) is 0 Å². The lowest BCUT2D eigenvalue weighted by Crippen LogP contribution is -2.13. The summed E-state index contributed by atoms with van der Waals surface area (Å²) in [5.74, 6) is 0. The van der Waals surface area contributed by atoms with E-state index in [-0.39, 0.29) is 4.90 Å². The van der Waals surface area contributed by atoms with Crippen LogP contribution in [0.25, 0.3) is 0 Å². The molecule has 20 heavy (non-hydrogen) atoms. The van der Waals surface area contributed by atoms with Crippen LogP contribution in [0.3, 0.4) is 0 Å². The largest absolute Gasteiger partial charge is 0.369 e. The molecular weight excluding hydrogens is 300 g/mol. The van der Waals surface area contributed by atoms with Crippen molar-refractivity contribution in [2.24, 2.45) is 0 Å². The number of ether oxygens (including phenoxy) is 1. The van der Waals surface area contributed by atoms with Gasteiger partial charge in [-0.1, -0.05) is 12.1 Å². The van der Waals surface area contributed by atoms with Gasteiger partial charge in [0.25, 0.3) is 10.0 Å². The van der Waals surface area contributed by atoms with Gasteiger partial charge in [-0.3, -0.25) is 4.72 Å². The second-order valence-corrected chi connectivity index (χ2v) is 6.38. The van der Waals surface area contributed by atoms with Gasteiger partial charge in [0, 0.05) is 18.7 Å². The molecule has 8 heteroatoms. The maximum Gasteiger partial charge on any atom is 0.263 e. The zero-order valence-corrected chi connectivity index (χ0v) is 12.1. The minimum Gasteiger partial charge on any atom is -0.369 e. The lowest BCUT2D eigenvalue weighted by Gasteiger charge is -2.10. The van der Waals surface area contributed by atoms with E-state index >= 15 is 0 Å². The highest BCUT2D eigenvalue weighted by atomic mass is 32.2. The van der Waals surface area contributed by atoms with E-state index < -0.39 is 16.1 Å². The van der Waals surface area contributed by atoms with Crippen molar-refractivity contribution in [1.29, 1.82) is 0 Å². The second kappa shape index (κ2) is 6.12. The van der Waals surface area contributed by atoms with Crippen LogP contribution in [0.15, 0.2) is 40.7 Å². The van der Waals surface area contributed by atoms with Crippen molar-refractivity contribution in [1.82, 2.24) is 4.98 Å². The highest BCUT2D eigenvalue weighted by Crippen LogP contribution is 2.20. The average molecular weight is 312 g/mol. The van der Waals surface area contributed by atoms with E-state index in [1.54, 1.807) is 17.5 Å². The fraction of sp³-hybridized carbons (Fsp3) is 0.167. The minimum atomic E-state index is -3.67. The normalized spacial score (nSPS) is 12.8. The number of methoxy groups -OCH3 is 1. The summed E-state index contributed by atoms with van der Waals surface area (Å²) in [6.07, 6.45) is 1.47. The maximum atomic E-state index is 12.1. The van der Waals surface area contributed by atoms with Gasteiger partial charge in [0.15, 0.2) is 11.4 Å². The number of rotatable bonds is 6. The van der Waals surface area contributed by atoms with Gasteiger partial charge in [0.1, 0.15) is 6.10 Å². The van der Waals surface area contributed by atoms with Gasteiger partial charge in [0.2, 0.25) is 0 Å². The molecule has 2 aromatic rings. The molecule has 0 fully saturated rings. The molecule has 0 aliphatic rings. The molecule has 1 aromatic heterocycles. The molecule has 1 N–H and O–H groups in total. The number of nitrogens with one attached hydrogen (secondary N) is 1. The molecule has 1 aromatic carbocycles. The number of benzene rings is 1. The number of carbonyl (C=O) groups excluding carboxylic acids is 1. The summed E-state index contributed by atoms with van der Waals surface area (Å²) in [5.41, 5.74) is 0.593. The van der Waals surface area contributed by atoms with Crippen molar-refractivity contribution < 1.29 is 17.9 Å². The summed E-state index contributed by atoms with van der Waals surface area (Å²) in [7, 11) is -2.26. The molecule has 0 amide bonds. The van der Waals surface area contributed by atoms with Crippen molar-refractivity contribution in [2.45, 2.75) is 11.0 Å². The molecule has 0 aliphatic carbocycles. The van der Waals surface area contributed by atoms with Crippen molar-refractivity contribution in [3.05, 3.63) is 41.4 Å². The Morgan fingerprint density at radius 2 is 2.05 bits per heavy atom. The summed E-state index contributed by atoms with van der Waals surface area (Å²) >= 11 is 1.19. The zero-order valence-electron chi connectivity index (χ0n) is 10.5. The van der Waals surface area contributed by atoms with E-state index in [9.17, 15) is 13.2 Å². The van der Waals surface area contributed by atoms with Crippen molar-refractivity contribution in [3.63, 3.8) is 0 Å². The minimum absolute atomic E-state index is 0.0946. The van der Waals surface area contributed by atoms with Crippen molar-refractivity contribution in [2.75, 3.05) is 11.8 Å². The number of thiazole rings is 1. The molecule has 6 nitrogen and oxygen atoms in total. The third kappa shape index (κ3) is 3.21. The summed E-state index contributed by atoms with van der Waals surface area (Å²) in [6.45, 7) is 0. The van der Waals surface area contributed by atoms with E-state index in [2.05, 4.69) is 9.71 Å². The lowest BCUT2D eigenvalue weighted by atomic mass is 10.1. The van der Waals surface area contributed by atoms with Gasteiger partial charge in [-0.25, -0.2) is 13.4 Å². The Bertz CT molecular complexity index is 666. The summed E-state index contributed by atoms with van der Waals surface area (Å²) in [6, 6.07) is 5.92. The number of sulfonamides is 1. The maximum absolute atomic E-state index is 12.1. The lowest BCUT2D eigenvalue weighted by molar-refractivity contribution is -0.116. The van der Waals surface area contributed by atoms with Gasteiger partial charge in [-0.15, -0.1) is 11.3 Å². The van der Waals surface area contributed by atoms with Crippen LogP contribution < -0.4 is 4.72 Å². The van der Waals surface area contributed by atoms with E-state index in [4.69, 9.17) is 4.74 Å². The average Bonchev–Trinajstić information content (AvgIpc) is 2.93. The quantitative estimate of drug-likeness (QED) is 0.823. The Hall–Kier alpha value is -1.77. The fourth-order valence-electron chi connectivity index (χ4n) is 1.55. The number of hydrogen-bond donors (Lipinski definition) is 1. The van der Waals surface area contributed by atoms with Crippen LogP contribution in [0.2, 0.25) is 0 Å². The molecule has 0 spiro atoms. The Morgan fingerprint density at radius 1 is 1.35 bits per heavy atom. The van der Waals surface area contributed by atoms with Crippen molar-refractivity contribution in [3.8, 4) is 0 Å². The van der Waals surface area contributed by atoms with Crippen LogP contribution in [0, 0.1) is 0 Å². The van der Waals surface area contributed by atoms with Crippen molar-refractivity contribution >= 4 is 32.8 Å². The van der Waals surface area contributed by atoms with Gasteiger partial charge in [0.05, 0.1) is 4.90 Å². The summed E-state index contributed by atoms with van der Waals surface area (Å²) in [5, 5.41) is 1.98. The predicted molar refractivity (Wildman–Crippen MR) is 75.2 cm³/mol. The Morgan fingerprint density at radius 3 is 2.55 bits per heavy atom. The Labute approximate surface area is 120 Å². The molecule has 1 unspecified atom stereocenters. The molecule has 106 valence electrons. The number of nitrogens with zero attached hydrogens (tertiary/aromatic N) is 1. The molecule has 0 aliphatic heterocycles. The third-order valence-electron chi connectivity index (χ3n) is 2.55. The third-order valence-corrected chi connectivity index (χ3v) is 4.72. The molecule has 0 radical (unpaired) electrons. The molecule has 2 rings (SSSR count). The SMILES string of the molecule is COC(C=O)c1ccc(S(=O)(=O)Nc2nccs2)cc1. The van der Waals surface area contributed by atoms with E-state index in [0.717, 1.165) is 0 Å². The Kier molecular flexibility index (Phi) is 4.48. The number of aromatic nitrogens is 1. The van der Waals surface area contributed by atoms with E-state index in [1.165, 1.54) is 36.8 Å². The number of hydrogen-bond acceptors (Lipinski definition) is 6. The number of anilines is 1. The molecule has 1 atom stereocenters. The van der Waals surface area contributed by atoms with Crippen LogP contribution in [0.5, 0.6) is 0 Å². The Balaban J connectivity index is 2.23. The second-order valence-electron chi connectivity index (χ2n) is 3.80. The molecule has 0 bridgehead atoms. The summed E-state index contributed by atoms with van der Waals surface area (Å²) < 4.78 is 31.5. The van der Waals surface area contributed by atoms with Crippen LogP contribution in [0.4, 0.5) is 5.13 Å².